The SMILES string of the molecule is C(/CN1CCOCC1)=C1/CCCc2c1cnn2-c1ccccc1.CC(=O)O. The van der Waals surface area contributed by atoms with E-state index in [1.165, 1.54) is 23.3 Å². The van der Waals surface area contributed by atoms with E-state index in [-0.39, 0.29) is 0 Å². The molecular weight excluding hydrogens is 342 g/mol. The fourth-order valence-corrected chi connectivity index (χ4v) is 3.49. The van der Waals surface area contributed by atoms with Gasteiger partial charge in [0.15, 0.2) is 0 Å². The number of morpholine rings is 1. The van der Waals surface area contributed by atoms with Crippen LogP contribution in [0.1, 0.15) is 31.0 Å². The molecule has 1 fully saturated rings. The summed E-state index contributed by atoms with van der Waals surface area (Å²) in [4.78, 5) is 11.5. The molecule has 2 aromatic rings. The molecule has 1 saturated heterocycles. The molecule has 1 aromatic carbocycles. The van der Waals surface area contributed by atoms with Crippen LogP contribution in [0.15, 0.2) is 42.6 Å². The second-order valence-corrected chi connectivity index (χ2v) is 6.77. The van der Waals surface area contributed by atoms with E-state index in [1.54, 1.807) is 0 Å². The Morgan fingerprint density at radius 1 is 1.22 bits per heavy atom. The Morgan fingerprint density at radius 2 is 1.93 bits per heavy atom. The molecule has 0 atom stereocenters. The van der Waals surface area contributed by atoms with Crippen LogP contribution in [0, 0.1) is 0 Å². The first-order valence-electron chi connectivity index (χ1n) is 9.46. The number of hydrogen-bond donors (Lipinski definition) is 1. The van der Waals surface area contributed by atoms with Crippen molar-refractivity contribution in [3.63, 3.8) is 0 Å². The van der Waals surface area contributed by atoms with Crippen LogP contribution in [0.4, 0.5) is 0 Å². The Morgan fingerprint density at radius 3 is 2.63 bits per heavy atom. The van der Waals surface area contributed by atoms with Gasteiger partial charge >= 0.3 is 0 Å². The topological polar surface area (TPSA) is 67.6 Å². The second-order valence-electron chi connectivity index (χ2n) is 6.77. The summed E-state index contributed by atoms with van der Waals surface area (Å²) in [6, 6.07) is 10.4. The van der Waals surface area contributed by atoms with E-state index in [9.17, 15) is 0 Å². The molecule has 2 heterocycles. The van der Waals surface area contributed by atoms with Crippen molar-refractivity contribution in [1.82, 2.24) is 14.7 Å². The van der Waals surface area contributed by atoms with E-state index < -0.39 is 5.97 Å². The van der Waals surface area contributed by atoms with Gasteiger partial charge in [0.25, 0.3) is 5.97 Å². The standard InChI is InChI=1S/C19H23N3O.C2H4O2/c1-2-6-17(7-3-1)22-19-8-4-5-16(18(19)15-20-22)9-10-21-11-13-23-14-12-21;1-2(3)4/h1-3,6-7,9,15H,4-5,8,10-14H2;1H3,(H,3,4)/b16-9+;. The number of para-hydroxylation sites is 1. The monoisotopic (exact) mass is 369 g/mol. The maximum absolute atomic E-state index is 9.00. The first-order chi connectivity index (χ1) is 13.1. The van der Waals surface area contributed by atoms with Gasteiger partial charge in [0.2, 0.25) is 0 Å². The molecule has 6 heteroatoms. The third kappa shape index (κ3) is 5.28. The van der Waals surface area contributed by atoms with Gasteiger partial charge in [0.1, 0.15) is 0 Å². The number of benzene rings is 1. The lowest BCUT2D eigenvalue weighted by atomic mass is 9.92. The highest BCUT2D eigenvalue weighted by Gasteiger charge is 2.20. The van der Waals surface area contributed by atoms with Gasteiger partial charge in [-0.1, -0.05) is 24.3 Å². The highest BCUT2D eigenvalue weighted by Crippen LogP contribution is 2.31. The zero-order chi connectivity index (χ0) is 19.1. The Balaban J connectivity index is 0.000000481. The van der Waals surface area contributed by atoms with Crippen LogP contribution in [-0.4, -0.2) is 58.6 Å². The Kier molecular flexibility index (Phi) is 6.79. The third-order valence-corrected chi connectivity index (χ3v) is 4.77. The molecule has 144 valence electrons. The van der Waals surface area contributed by atoms with Crippen molar-refractivity contribution in [1.29, 1.82) is 0 Å². The van der Waals surface area contributed by atoms with E-state index in [4.69, 9.17) is 14.6 Å². The molecule has 6 nitrogen and oxygen atoms in total. The normalized spacial score (nSPS) is 18.5. The van der Waals surface area contributed by atoms with Crippen molar-refractivity contribution in [2.45, 2.75) is 26.2 Å². The van der Waals surface area contributed by atoms with Gasteiger partial charge in [0, 0.05) is 32.1 Å². The summed E-state index contributed by atoms with van der Waals surface area (Å²) in [7, 11) is 0. The number of allylic oxidation sites excluding steroid dienone is 1. The van der Waals surface area contributed by atoms with E-state index >= 15 is 0 Å². The first-order valence-corrected chi connectivity index (χ1v) is 9.46. The van der Waals surface area contributed by atoms with Gasteiger partial charge < -0.3 is 9.84 Å². The predicted molar refractivity (Wildman–Crippen MR) is 105 cm³/mol. The molecule has 1 aliphatic heterocycles. The van der Waals surface area contributed by atoms with Crippen molar-refractivity contribution >= 4 is 11.5 Å². The zero-order valence-corrected chi connectivity index (χ0v) is 15.8. The van der Waals surface area contributed by atoms with Crippen molar-refractivity contribution < 1.29 is 14.6 Å². The van der Waals surface area contributed by atoms with Crippen LogP contribution in [0.3, 0.4) is 0 Å². The van der Waals surface area contributed by atoms with E-state index in [0.717, 1.165) is 58.3 Å². The highest BCUT2D eigenvalue weighted by atomic mass is 16.5. The molecule has 0 amide bonds. The minimum atomic E-state index is -0.833. The summed E-state index contributed by atoms with van der Waals surface area (Å²) < 4.78 is 7.53. The third-order valence-electron chi connectivity index (χ3n) is 4.77. The minimum absolute atomic E-state index is 0.833. The summed E-state index contributed by atoms with van der Waals surface area (Å²) in [5.41, 5.74) is 5.31. The lowest BCUT2D eigenvalue weighted by molar-refractivity contribution is -0.134. The molecule has 1 aliphatic carbocycles. The average molecular weight is 369 g/mol. The van der Waals surface area contributed by atoms with Gasteiger partial charge in [0.05, 0.1) is 30.8 Å². The van der Waals surface area contributed by atoms with E-state index in [2.05, 4.69) is 45.0 Å². The molecule has 0 radical (unpaired) electrons. The maximum Gasteiger partial charge on any atom is 0.300 e. The van der Waals surface area contributed by atoms with Gasteiger partial charge in [-0.3, -0.25) is 9.69 Å². The van der Waals surface area contributed by atoms with E-state index in [0.29, 0.717) is 0 Å². The fourth-order valence-electron chi connectivity index (χ4n) is 3.49. The lowest BCUT2D eigenvalue weighted by Crippen LogP contribution is -2.36. The van der Waals surface area contributed by atoms with Crippen LogP contribution in [-0.2, 0) is 16.0 Å². The summed E-state index contributed by atoms with van der Waals surface area (Å²) in [6.45, 7) is 5.91. The number of carbonyl (C=O) groups is 1. The van der Waals surface area contributed by atoms with Gasteiger partial charge in [-0.25, -0.2) is 4.68 Å². The maximum atomic E-state index is 9.00. The fraction of sp³-hybridized carbons (Fsp3) is 0.429. The molecule has 0 bridgehead atoms. The average Bonchev–Trinajstić information content (AvgIpc) is 3.12. The molecule has 2 aliphatic rings. The number of carboxylic acid groups (broad SMARTS) is 1. The van der Waals surface area contributed by atoms with Crippen LogP contribution in [0.5, 0.6) is 0 Å². The van der Waals surface area contributed by atoms with Crippen LogP contribution in [0.2, 0.25) is 0 Å². The largest absolute Gasteiger partial charge is 0.481 e. The second kappa shape index (κ2) is 9.48. The summed E-state index contributed by atoms with van der Waals surface area (Å²) in [5, 5.41) is 12.1. The van der Waals surface area contributed by atoms with Crippen molar-refractivity contribution in [2.24, 2.45) is 0 Å². The molecule has 1 aromatic heterocycles. The van der Waals surface area contributed by atoms with Crippen molar-refractivity contribution in [3.8, 4) is 5.69 Å². The first kappa shape index (κ1) is 19.3. The molecule has 4 rings (SSSR count). The molecule has 27 heavy (non-hydrogen) atoms. The summed E-state index contributed by atoms with van der Waals surface area (Å²) >= 11 is 0. The molecule has 1 N–H and O–H groups in total. The van der Waals surface area contributed by atoms with E-state index in [1.807, 2.05) is 12.3 Å². The van der Waals surface area contributed by atoms with Crippen LogP contribution >= 0.6 is 0 Å². The minimum Gasteiger partial charge on any atom is -0.481 e. The molecule has 0 spiro atoms. The van der Waals surface area contributed by atoms with Gasteiger partial charge in [-0.05, 0) is 37.0 Å². The highest BCUT2D eigenvalue weighted by molar-refractivity contribution is 5.69. The number of aliphatic carboxylic acids is 1. The number of hydrogen-bond acceptors (Lipinski definition) is 4. The number of nitrogens with zero attached hydrogens (tertiary/aromatic N) is 3. The predicted octanol–water partition coefficient (Wildman–Crippen LogP) is 3.02. The Labute approximate surface area is 160 Å². The van der Waals surface area contributed by atoms with Crippen molar-refractivity contribution in [3.05, 3.63) is 53.9 Å². The molecule has 0 saturated carbocycles. The number of ether oxygens (including phenoxy) is 1. The number of rotatable bonds is 3. The lowest BCUT2D eigenvalue weighted by Gasteiger charge is -2.26. The number of carboxylic acids is 1. The van der Waals surface area contributed by atoms with Crippen molar-refractivity contribution in [2.75, 3.05) is 32.8 Å². The number of aromatic nitrogens is 2. The Bertz CT molecular complexity index is 773. The molecule has 0 unspecified atom stereocenters. The molecular formula is C21H27N3O3. The summed E-state index contributed by atoms with van der Waals surface area (Å²) in [5.74, 6) is -0.833. The van der Waals surface area contributed by atoms with Crippen LogP contribution < -0.4 is 0 Å². The number of fused-ring (bicyclic) bond motifs is 1. The smallest absolute Gasteiger partial charge is 0.300 e. The summed E-state index contributed by atoms with van der Waals surface area (Å²) in [6.07, 6.45) is 7.93. The van der Waals surface area contributed by atoms with Gasteiger partial charge in [-0.2, -0.15) is 5.10 Å². The quantitative estimate of drug-likeness (QED) is 0.901. The van der Waals surface area contributed by atoms with Gasteiger partial charge in [-0.15, -0.1) is 0 Å². The Hall–Kier alpha value is -2.44. The zero-order valence-electron chi connectivity index (χ0n) is 15.8. The van der Waals surface area contributed by atoms with Crippen LogP contribution in [0.25, 0.3) is 11.3 Å².